The van der Waals surface area contributed by atoms with Crippen LogP contribution in [0.25, 0.3) is 0 Å². The first kappa shape index (κ1) is 18.2. The molecule has 1 aliphatic rings. The van der Waals surface area contributed by atoms with E-state index in [2.05, 4.69) is 17.0 Å². The number of carbonyl (C=O) groups excluding carboxylic acids is 1. The third-order valence-electron chi connectivity index (χ3n) is 4.60. The molecule has 132 valence electrons. The lowest BCUT2D eigenvalue weighted by Gasteiger charge is -2.35. The van der Waals surface area contributed by atoms with Crippen molar-refractivity contribution >= 4 is 29.1 Å². The summed E-state index contributed by atoms with van der Waals surface area (Å²) in [5, 5.41) is 1.36. The number of hydrogen-bond donors (Lipinski definition) is 0. The van der Waals surface area contributed by atoms with Crippen LogP contribution in [0.2, 0.25) is 10.0 Å². The third-order valence-corrected chi connectivity index (χ3v) is 5.19. The SMILES string of the molecule is O=C(CCc1ccccc1)N1CCN(Cc2ccc(Cl)cc2Cl)CC1. The zero-order chi connectivity index (χ0) is 17.6. The molecule has 0 atom stereocenters. The van der Waals surface area contributed by atoms with Gasteiger partial charge in [-0.2, -0.15) is 0 Å². The summed E-state index contributed by atoms with van der Waals surface area (Å²) in [4.78, 5) is 16.7. The number of benzene rings is 2. The van der Waals surface area contributed by atoms with Crippen molar-refractivity contribution in [3.8, 4) is 0 Å². The fourth-order valence-corrected chi connectivity index (χ4v) is 3.57. The third kappa shape index (κ3) is 5.21. The van der Waals surface area contributed by atoms with E-state index >= 15 is 0 Å². The maximum absolute atomic E-state index is 12.4. The Hall–Kier alpha value is -1.55. The van der Waals surface area contributed by atoms with Gasteiger partial charge in [0.25, 0.3) is 0 Å². The molecule has 0 radical (unpaired) electrons. The smallest absolute Gasteiger partial charge is 0.222 e. The predicted molar refractivity (Wildman–Crippen MR) is 103 cm³/mol. The first-order valence-corrected chi connectivity index (χ1v) is 9.35. The first-order chi connectivity index (χ1) is 12.1. The van der Waals surface area contributed by atoms with Crippen molar-refractivity contribution in [2.75, 3.05) is 26.2 Å². The Morgan fingerprint density at radius 2 is 1.68 bits per heavy atom. The standard InChI is InChI=1S/C20H22Cl2N2O/c21-18-8-7-17(19(22)14-18)15-23-10-12-24(13-11-23)20(25)9-6-16-4-2-1-3-5-16/h1-5,7-8,14H,6,9-13,15H2. The fourth-order valence-electron chi connectivity index (χ4n) is 3.10. The highest BCUT2D eigenvalue weighted by molar-refractivity contribution is 6.35. The molecule has 3 nitrogen and oxygen atoms in total. The fraction of sp³-hybridized carbons (Fsp3) is 0.350. The van der Waals surface area contributed by atoms with E-state index in [9.17, 15) is 4.79 Å². The summed E-state index contributed by atoms with van der Waals surface area (Å²) in [7, 11) is 0. The molecule has 5 heteroatoms. The van der Waals surface area contributed by atoms with Crippen LogP contribution in [0.1, 0.15) is 17.5 Å². The summed E-state index contributed by atoms with van der Waals surface area (Å²) in [6, 6.07) is 15.8. The molecule has 0 N–H and O–H groups in total. The van der Waals surface area contributed by atoms with Gasteiger partial charge in [-0.3, -0.25) is 9.69 Å². The molecule has 0 bridgehead atoms. The molecule has 0 saturated carbocycles. The number of aryl methyl sites for hydroxylation is 1. The van der Waals surface area contributed by atoms with Gasteiger partial charge in [-0.25, -0.2) is 0 Å². The minimum absolute atomic E-state index is 0.244. The van der Waals surface area contributed by atoms with Gasteiger partial charge in [-0.15, -0.1) is 0 Å². The highest BCUT2D eigenvalue weighted by Gasteiger charge is 2.21. The maximum atomic E-state index is 12.4. The molecule has 25 heavy (non-hydrogen) atoms. The van der Waals surface area contributed by atoms with Crippen LogP contribution in [-0.2, 0) is 17.8 Å². The summed E-state index contributed by atoms with van der Waals surface area (Å²) >= 11 is 12.2. The lowest BCUT2D eigenvalue weighted by Crippen LogP contribution is -2.48. The average Bonchev–Trinajstić information content (AvgIpc) is 2.63. The molecular formula is C20H22Cl2N2O. The number of halogens is 2. The van der Waals surface area contributed by atoms with E-state index in [0.29, 0.717) is 16.5 Å². The summed E-state index contributed by atoms with van der Waals surface area (Å²) in [6.07, 6.45) is 1.38. The van der Waals surface area contributed by atoms with Crippen molar-refractivity contribution in [2.45, 2.75) is 19.4 Å². The van der Waals surface area contributed by atoms with Crippen molar-refractivity contribution in [1.29, 1.82) is 0 Å². The predicted octanol–water partition coefficient (Wildman–Crippen LogP) is 4.27. The van der Waals surface area contributed by atoms with Crippen LogP contribution < -0.4 is 0 Å². The molecule has 1 saturated heterocycles. The van der Waals surface area contributed by atoms with Crippen LogP contribution in [0.5, 0.6) is 0 Å². The molecule has 0 aliphatic carbocycles. The number of rotatable bonds is 5. The molecule has 1 heterocycles. The molecular weight excluding hydrogens is 355 g/mol. The van der Waals surface area contributed by atoms with E-state index in [1.165, 1.54) is 5.56 Å². The quantitative estimate of drug-likeness (QED) is 0.777. The molecule has 2 aromatic carbocycles. The molecule has 0 spiro atoms. The molecule has 1 aliphatic heterocycles. The highest BCUT2D eigenvalue weighted by atomic mass is 35.5. The molecule has 0 aromatic heterocycles. The van der Waals surface area contributed by atoms with Crippen LogP contribution in [0.4, 0.5) is 0 Å². The number of piperazine rings is 1. The monoisotopic (exact) mass is 376 g/mol. The zero-order valence-corrected chi connectivity index (χ0v) is 15.6. The first-order valence-electron chi connectivity index (χ1n) is 8.60. The van der Waals surface area contributed by atoms with Crippen LogP contribution in [0.15, 0.2) is 48.5 Å². The highest BCUT2D eigenvalue weighted by Crippen LogP contribution is 2.22. The van der Waals surface area contributed by atoms with Gasteiger partial charge in [0, 0.05) is 49.2 Å². The Morgan fingerprint density at radius 3 is 2.36 bits per heavy atom. The summed E-state index contributed by atoms with van der Waals surface area (Å²) in [6.45, 7) is 4.09. The molecule has 0 unspecified atom stereocenters. The van der Waals surface area contributed by atoms with Crippen molar-refractivity contribution < 1.29 is 4.79 Å². The van der Waals surface area contributed by atoms with E-state index in [1.807, 2.05) is 35.2 Å². The molecule has 1 amide bonds. The Morgan fingerprint density at radius 1 is 0.960 bits per heavy atom. The van der Waals surface area contributed by atoms with Crippen molar-refractivity contribution in [3.05, 3.63) is 69.7 Å². The number of carbonyl (C=O) groups is 1. The van der Waals surface area contributed by atoms with Crippen molar-refractivity contribution in [2.24, 2.45) is 0 Å². The van der Waals surface area contributed by atoms with Gasteiger partial charge in [0.2, 0.25) is 5.91 Å². The Kier molecular flexibility index (Phi) is 6.35. The van der Waals surface area contributed by atoms with Gasteiger partial charge in [0.05, 0.1) is 0 Å². The lowest BCUT2D eigenvalue weighted by molar-refractivity contribution is -0.133. The van der Waals surface area contributed by atoms with E-state index < -0.39 is 0 Å². The van der Waals surface area contributed by atoms with Crippen LogP contribution >= 0.6 is 23.2 Å². The Bertz CT molecular complexity index is 713. The van der Waals surface area contributed by atoms with Crippen molar-refractivity contribution in [1.82, 2.24) is 9.80 Å². The summed E-state index contributed by atoms with van der Waals surface area (Å²) in [5.74, 6) is 0.244. The van der Waals surface area contributed by atoms with Gasteiger partial charge in [0.15, 0.2) is 0 Å². The van der Waals surface area contributed by atoms with E-state index in [-0.39, 0.29) is 5.91 Å². The van der Waals surface area contributed by atoms with Crippen molar-refractivity contribution in [3.63, 3.8) is 0 Å². The van der Waals surface area contributed by atoms with E-state index in [0.717, 1.165) is 44.7 Å². The topological polar surface area (TPSA) is 23.6 Å². The second-order valence-electron chi connectivity index (χ2n) is 6.38. The van der Waals surface area contributed by atoms with Gasteiger partial charge >= 0.3 is 0 Å². The lowest BCUT2D eigenvalue weighted by atomic mass is 10.1. The Balaban J connectivity index is 1.45. The summed E-state index contributed by atoms with van der Waals surface area (Å²) < 4.78 is 0. The normalized spacial score (nSPS) is 15.4. The number of amides is 1. The van der Waals surface area contributed by atoms with Crippen LogP contribution in [-0.4, -0.2) is 41.9 Å². The maximum Gasteiger partial charge on any atom is 0.222 e. The minimum atomic E-state index is 0.244. The van der Waals surface area contributed by atoms with Gasteiger partial charge in [-0.05, 0) is 29.7 Å². The van der Waals surface area contributed by atoms with E-state index in [4.69, 9.17) is 23.2 Å². The molecule has 1 fully saturated rings. The van der Waals surface area contributed by atoms with Crippen LogP contribution in [0.3, 0.4) is 0 Å². The van der Waals surface area contributed by atoms with Gasteiger partial charge < -0.3 is 4.90 Å². The molecule has 2 aromatic rings. The van der Waals surface area contributed by atoms with Crippen LogP contribution in [0, 0.1) is 0 Å². The van der Waals surface area contributed by atoms with Gasteiger partial charge in [0.1, 0.15) is 0 Å². The Labute approximate surface area is 159 Å². The average molecular weight is 377 g/mol. The zero-order valence-electron chi connectivity index (χ0n) is 14.1. The number of hydrogen-bond acceptors (Lipinski definition) is 2. The largest absolute Gasteiger partial charge is 0.340 e. The second-order valence-corrected chi connectivity index (χ2v) is 7.22. The number of nitrogens with zero attached hydrogens (tertiary/aromatic N) is 2. The molecule has 3 rings (SSSR count). The summed E-state index contributed by atoms with van der Waals surface area (Å²) in [5.41, 5.74) is 2.29. The second kappa shape index (κ2) is 8.70. The van der Waals surface area contributed by atoms with Gasteiger partial charge in [-0.1, -0.05) is 59.6 Å². The minimum Gasteiger partial charge on any atom is -0.340 e. The van der Waals surface area contributed by atoms with E-state index in [1.54, 1.807) is 6.07 Å².